The molecule has 3 aromatic rings. The average Bonchev–Trinajstić information content (AvgIpc) is 2.92. The summed E-state index contributed by atoms with van der Waals surface area (Å²) in [5.41, 5.74) is 6.90. The second-order valence-electron chi connectivity index (χ2n) is 4.42. The monoisotopic (exact) mass is 342 g/mol. The van der Waals surface area contributed by atoms with E-state index < -0.39 is 10.0 Å². The van der Waals surface area contributed by atoms with Crippen molar-refractivity contribution in [1.29, 1.82) is 0 Å². The van der Waals surface area contributed by atoms with Crippen molar-refractivity contribution in [3.05, 3.63) is 40.4 Å². The Morgan fingerprint density at radius 1 is 1.43 bits per heavy atom. The smallest absolute Gasteiger partial charge is 0.281 e. The number of nitrogens with two attached hydrogens (primary N) is 1. The zero-order chi connectivity index (χ0) is 15.2. The molecule has 3 N–H and O–H groups in total. The molecule has 2 heterocycles. The molecule has 21 heavy (non-hydrogen) atoms. The maximum atomic E-state index is 12.6. The van der Waals surface area contributed by atoms with Gasteiger partial charge in [0.05, 0.1) is 5.69 Å². The number of benzene rings is 1. The molecule has 9 heteroatoms. The van der Waals surface area contributed by atoms with E-state index in [0.29, 0.717) is 15.7 Å². The predicted molar refractivity (Wildman–Crippen MR) is 84.5 cm³/mol. The first-order chi connectivity index (χ1) is 9.88. The fourth-order valence-corrected chi connectivity index (χ4v) is 4.23. The van der Waals surface area contributed by atoms with Gasteiger partial charge in [-0.15, -0.1) is 11.3 Å². The van der Waals surface area contributed by atoms with Gasteiger partial charge in [0.25, 0.3) is 10.0 Å². The van der Waals surface area contributed by atoms with E-state index in [0.717, 1.165) is 5.56 Å². The summed E-state index contributed by atoms with van der Waals surface area (Å²) in [5.74, 6) is -0.0333. The lowest BCUT2D eigenvalue weighted by atomic mass is 10.2. The molecular formula is C12H11ClN4O2S2. The third-order valence-corrected chi connectivity index (χ3v) is 5.34. The van der Waals surface area contributed by atoms with Gasteiger partial charge >= 0.3 is 0 Å². The molecule has 0 saturated heterocycles. The topological polar surface area (TPSA) is 89.5 Å². The summed E-state index contributed by atoms with van der Waals surface area (Å²) in [6, 6.07) is 4.98. The molecule has 0 amide bonds. The molecule has 1 aromatic carbocycles. The average molecular weight is 343 g/mol. The van der Waals surface area contributed by atoms with Crippen molar-refractivity contribution in [2.75, 3.05) is 10.5 Å². The number of hydrogen-bond donors (Lipinski definition) is 2. The number of fused-ring (bicyclic) bond motifs is 1. The van der Waals surface area contributed by atoms with Gasteiger partial charge in [-0.25, -0.2) is 4.98 Å². The van der Waals surface area contributed by atoms with Crippen LogP contribution in [0.5, 0.6) is 0 Å². The van der Waals surface area contributed by atoms with Gasteiger partial charge in [-0.1, -0.05) is 17.7 Å². The number of rotatable bonds is 3. The molecule has 0 spiro atoms. The SMILES string of the molecule is Cc1ccc(Cl)cc1NS(=O)(=O)c1c(N)nc2sccn12. The van der Waals surface area contributed by atoms with Crippen molar-refractivity contribution < 1.29 is 8.42 Å². The number of aromatic nitrogens is 2. The number of nitrogens with zero attached hydrogens (tertiary/aromatic N) is 2. The van der Waals surface area contributed by atoms with Crippen LogP contribution >= 0.6 is 22.9 Å². The normalized spacial score (nSPS) is 11.9. The van der Waals surface area contributed by atoms with Crippen LogP contribution in [-0.4, -0.2) is 17.8 Å². The van der Waals surface area contributed by atoms with Crippen molar-refractivity contribution in [2.45, 2.75) is 11.9 Å². The van der Waals surface area contributed by atoms with Gasteiger partial charge in [-0.2, -0.15) is 8.42 Å². The highest BCUT2D eigenvalue weighted by Gasteiger charge is 2.25. The van der Waals surface area contributed by atoms with Gasteiger partial charge in [-0.05, 0) is 24.6 Å². The maximum absolute atomic E-state index is 12.6. The number of hydrogen-bond acceptors (Lipinski definition) is 5. The largest absolute Gasteiger partial charge is 0.381 e. The number of anilines is 2. The van der Waals surface area contributed by atoms with Crippen molar-refractivity contribution in [2.24, 2.45) is 0 Å². The van der Waals surface area contributed by atoms with Gasteiger partial charge < -0.3 is 5.73 Å². The van der Waals surface area contributed by atoms with Crippen LogP contribution in [0.3, 0.4) is 0 Å². The van der Waals surface area contributed by atoms with Crippen molar-refractivity contribution >= 4 is 49.4 Å². The van der Waals surface area contributed by atoms with Gasteiger partial charge in [0.15, 0.2) is 10.8 Å². The number of nitrogen functional groups attached to an aromatic ring is 1. The molecule has 3 rings (SSSR count). The Hall–Kier alpha value is -1.77. The minimum Gasteiger partial charge on any atom is -0.381 e. The van der Waals surface area contributed by atoms with E-state index in [2.05, 4.69) is 9.71 Å². The maximum Gasteiger partial charge on any atom is 0.281 e. The number of aryl methyl sites for hydroxylation is 1. The van der Waals surface area contributed by atoms with Crippen LogP contribution in [-0.2, 0) is 10.0 Å². The molecule has 0 aliphatic heterocycles. The summed E-state index contributed by atoms with van der Waals surface area (Å²) in [5, 5.41) is 2.11. The number of imidazole rings is 1. The first-order valence-electron chi connectivity index (χ1n) is 5.88. The minimum atomic E-state index is -3.86. The quantitative estimate of drug-likeness (QED) is 0.765. The third-order valence-electron chi connectivity index (χ3n) is 2.94. The fraction of sp³-hybridized carbons (Fsp3) is 0.0833. The van der Waals surface area contributed by atoms with E-state index in [4.69, 9.17) is 17.3 Å². The molecule has 0 aliphatic rings. The summed E-state index contributed by atoms with van der Waals surface area (Å²) in [6.45, 7) is 1.79. The number of thiazole rings is 1. The molecule has 110 valence electrons. The Bertz CT molecular complexity index is 930. The Morgan fingerprint density at radius 3 is 2.95 bits per heavy atom. The van der Waals surface area contributed by atoms with Gasteiger partial charge in [-0.3, -0.25) is 9.12 Å². The highest BCUT2D eigenvalue weighted by atomic mass is 35.5. The van der Waals surface area contributed by atoms with Crippen LogP contribution in [0.4, 0.5) is 11.5 Å². The number of sulfonamides is 1. The van der Waals surface area contributed by atoms with Crippen LogP contribution in [0.2, 0.25) is 5.02 Å². The first kappa shape index (κ1) is 14.2. The second kappa shape index (κ2) is 4.90. The van der Waals surface area contributed by atoms with Crippen molar-refractivity contribution in [3.63, 3.8) is 0 Å². The molecule has 0 fully saturated rings. The second-order valence-corrected chi connectivity index (χ2v) is 7.33. The first-order valence-corrected chi connectivity index (χ1v) is 8.62. The van der Waals surface area contributed by atoms with Crippen LogP contribution in [0.25, 0.3) is 4.96 Å². The summed E-state index contributed by atoms with van der Waals surface area (Å²) >= 11 is 7.21. The van der Waals surface area contributed by atoms with Crippen molar-refractivity contribution in [1.82, 2.24) is 9.38 Å². The molecule has 2 aromatic heterocycles. The molecule has 0 unspecified atom stereocenters. The van der Waals surface area contributed by atoms with Crippen LogP contribution in [0, 0.1) is 6.92 Å². The van der Waals surface area contributed by atoms with Gasteiger partial charge in [0.2, 0.25) is 5.03 Å². The zero-order valence-corrected chi connectivity index (χ0v) is 13.3. The molecule has 0 radical (unpaired) electrons. The lowest BCUT2D eigenvalue weighted by Gasteiger charge is -2.10. The predicted octanol–water partition coefficient (Wildman–Crippen LogP) is 2.74. The highest BCUT2D eigenvalue weighted by molar-refractivity contribution is 7.92. The summed E-state index contributed by atoms with van der Waals surface area (Å²) < 4.78 is 29.1. The Labute approximate surface area is 130 Å². The lowest BCUT2D eigenvalue weighted by molar-refractivity contribution is 0.597. The lowest BCUT2D eigenvalue weighted by Crippen LogP contribution is -2.17. The molecular weight excluding hydrogens is 332 g/mol. The Kier molecular flexibility index (Phi) is 3.31. The van der Waals surface area contributed by atoms with E-state index in [1.807, 2.05) is 0 Å². The summed E-state index contributed by atoms with van der Waals surface area (Å²) in [7, 11) is -3.86. The molecule has 0 atom stereocenters. The number of halogens is 1. The van der Waals surface area contributed by atoms with Crippen molar-refractivity contribution in [3.8, 4) is 0 Å². The summed E-state index contributed by atoms with van der Waals surface area (Å²) in [6.07, 6.45) is 1.61. The van der Waals surface area contributed by atoms with Crippen LogP contribution < -0.4 is 10.5 Å². The fourth-order valence-electron chi connectivity index (χ4n) is 1.95. The zero-order valence-electron chi connectivity index (χ0n) is 10.9. The van der Waals surface area contributed by atoms with Crippen LogP contribution in [0.1, 0.15) is 5.56 Å². The molecule has 6 nitrogen and oxygen atoms in total. The van der Waals surface area contributed by atoms with Crippen LogP contribution in [0.15, 0.2) is 34.8 Å². The van der Waals surface area contributed by atoms with E-state index in [-0.39, 0.29) is 10.8 Å². The highest BCUT2D eigenvalue weighted by Crippen LogP contribution is 2.27. The Morgan fingerprint density at radius 2 is 2.19 bits per heavy atom. The minimum absolute atomic E-state index is 0.0333. The standard InChI is InChI=1S/C12H11ClN4O2S2/c1-7-2-3-8(13)6-9(7)16-21(18,19)11-10(14)15-12-17(11)4-5-20-12/h2-6,16H,14H2,1H3. The number of nitrogens with one attached hydrogen (secondary N) is 1. The van der Waals surface area contributed by atoms with Gasteiger partial charge in [0.1, 0.15) is 0 Å². The molecule has 0 bridgehead atoms. The van der Waals surface area contributed by atoms with E-state index >= 15 is 0 Å². The summed E-state index contributed by atoms with van der Waals surface area (Å²) in [4.78, 5) is 4.56. The Balaban J connectivity index is 2.10. The van der Waals surface area contributed by atoms with E-state index in [1.165, 1.54) is 15.7 Å². The van der Waals surface area contributed by atoms with E-state index in [9.17, 15) is 8.42 Å². The van der Waals surface area contributed by atoms with Gasteiger partial charge in [0, 0.05) is 16.6 Å². The third kappa shape index (κ3) is 2.45. The molecule has 0 saturated carbocycles. The van der Waals surface area contributed by atoms with E-state index in [1.54, 1.807) is 36.7 Å². The molecule has 0 aliphatic carbocycles.